The molecule has 4 atom stereocenters. The molecular formula is C9H18N+. The average Bonchev–Trinajstić information content (AvgIpc) is 2.44. The molecule has 2 bridgehead atoms. The molecule has 10 heavy (non-hydrogen) atoms. The topological polar surface area (TPSA) is 27.6 Å². The van der Waals surface area contributed by atoms with Crippen LogP contribution in [0.1, 0.15) is 32.6 Å². The Hall–Kier alpha value is -0.0400. The van der Waals surface area contributed by atoms with Gasteiger partial charge in [-0.2, -0.15) is 0 Å². The smallest absolute Gasteiger partial charge is 0.0846 e. The highest BCUT2D eigenvalue weighted by Gasteiger charge is 2.42. The van der Waals surface area contributed by atoms with Crippen molar-refractivity contribution in [3.05, 3.63) is 0 Å². The first-order valence-corrected chi connectivity index (χ1v) is 4.60. The van der Waals surface area contributed by atoms with Gasteiger partial charge in [0.25, 0.3) is 0 Å². The second-order valence-corrected chi connectivity index (χ2v) is 4.32. The first kappa shape index (κ1) is 6.66. The van der Waals surface area contributed by atoms with Gasteiger partial charge in [-0.05, 0) is 38.0 Å². The molecular weight excluding hydrogens is 122 g/mol. The molecule has 0 saturated heterocycles. The van der Waals surface area contributed by atoms with E-state index in [1.807, 2.05) is 0 Å². The number of quaternary nitrogens is 1. The Balaban J connectivity index is 2.02. The van der Waals surface area contributed by atoms with E-state index in [9.17, 15) is 0 Å². The van der Waals surface area contributed by atoms with Crippen LogP contribution in [0.3, 0.4) is 0 Å². The summed E-state index contributed by atoms with van der Waals surface area (Å²) in [6, 6.07) is 0.704. The van der Waals surface area contributed by atoms with Gasteiger partial charge in [0, 0.05) is 5.92 Å². The van der Waals surface area contributed by atoms with E-state index in [0.717, 1.165) is 17.8 Å². The van der Waals surface area contributed by atoms with Gasteiger partial charge in [0.2, 0.25) is 0 Å². The van der Waals surface area contributed by atoms with Crippen molar-refractivity contribution < 1.29 is 5.73 Å². The minimum Gasteiger partial charge on any atom is -0.355 e. The fourth-order valence-corrected chi connectivity index (χ4v) is 2.99. The minimum absolute atomic E-state index is 0.704. The van der Waals surface area contributed by atoms with Gasteiger partial charge in [-0.25, -0.2) is 0 Å². The maximum atomic E-state index is 4.14. The van der Waals surface area contributed by atoms with Crippen LogP contribution < -0.4 is 5.73 Å². The molecule has 2 aliphatic carbocycles. The van der Waals surface area contributed by atoms with E-state index in [1.165, 1.54) is 25.7 Å². The standard InChI is InChI=1S/C9H17N/c1-6(10)9-5-7-2-3-8(9)4-7/h6-9H,2-5,10H2,1H3/p+1/t6-,7+,8-,9+/m1/s1. The summed E-state index contributed by atoms with van der Waals surface area (Å²) in [4.78, 5) is 0. The molecule has 0 amide bonds. The normalized spacial score (nSPS) is 48.0. The van der Waals surface area contributed by atoms with Crippen molar-refractivity contribution in [2.45, 2.75) is 38.6 Å². The highest BCUT2D eigenvalue weighted by molar-refractivity contribution is 4.91. The van der Waals surface area contributed by atoms with Crippen molar-refractivity contribution in [3.63, 3.8) is 0 Å². The molecule has 0 aromatic carbocycles. The molecule has 0 aromatic rings. The summed E-state index contributed by atoms with van der Waals surface area (Å²) in [6.45, 7) is 2.28. The SMILES string of the molecule is C[C@@H]([NH3+])[C@@H]1C[C@H]2CC[C@@H]1C2. The maximum Gasteiger partial charge on any atom is 0.0846 e. The first-order valence-electron chi connectivity index (χ1n) is 4.60. The quantitative estimate of drug-likeness (QED) is 0.564. The first-order chi connectivity index (χ1) is 4.77. The van der Waals surface area contributed by atoms with Gasteiger partial charge in [0.15, 0.2) is 0 Å². The van der Waals surface area contributed by atoms with E-state index in [1.54, 1.807) is 0 Å². The van der Waals surface area contributed by atoms with E-state index < -0.39 is 0 Å². The molecule has 2 rings (SSSR count). The Morgan fingerprint density at radius 3 is 2.40 bits per heavy atom. The highest BCUT2D eigenvalue weighted by atomic mass is 14.7. The van der Waals surface area contributed by atoms with Crippen LogP contribution in [-0.4, -0.2) is 6.04 Å². The van der Waals surface area contributed by atoms with Gasteiger partial charge in [-0.15, -0.1) is 0 Å². The second-order valence-electron chi connectivity index (χ2n) is 4.32. The molecule has 0 aliphatic heterocycles. The Morgan fingerprint density at radius 2 is 2.10 bits per heavy atom. The van der Waals surface area contributed by atoms with Crippen molar-refractivity contribution in [1.82, 2.24) is 0 Å². The van der Waals surface area contributed by atoms with Gasteiger partial charge in [0.05, 0.1) is 6.04 Å². The summed E-state index contributed by atoms with van der Waals surface area (Å²) in [5.74, 6) is 3.15. The van der Waals surface area contributed by atoms with E-state index in [2.05, 4.69) is 12.7 Å². The predicted molar refractivity (Wildman–Crippen MR) is 41.3 cm³/mol. The summed E-state index contributed by atoms with van der Waals surface area (Å²) in [5.41, 5.74) is 4.14. The molecule has 0 spiro atoms. The number of rotatable bonds is 1. The number of fused-ring (bicyclic) bond motifs is 2. The van der Waals surface area contributed by atoms with E-state index >= 15 is 0 Å². The molecule has 1 nitrogen and oxygen atoms in total. The third-order valence-electron chi connectivity index (χ3n) is 3.52. The van der Waals surface area contributed by atoms with Crippen LogP contribution in [0, 0.1) is 17.8 Å². The van der Waals surface area contributed by atoms with E-state index in [0.29, 0.717) is 6.04 Å². The van der Waals surface area contributed by atoms with Crippen molar-refractivity contribution in [3.8, 4) is 0 Å². The third-order valence-corrected chi connectivity index (χ3v) is 3.52. The second kappa shape index (κ2) is 2.23. The molecule has 0 radical (unpaired) electrons. The lowest BCUT2D eigenvalue weighted by Crippen LogP contribution is -2.63. The monoisotopic (exact) mass is 140 g/mol. The van der Waals surface area contributed by atoms with Gasteiger partial charge in [-0.1, -0.05) is 6.42 Å². The Bertz CT molecular complexity index is 131. The van der Waals surface area contributed by atoms with Crippen LogP contribution in [0.25, 0.3) is 0 Å². The third kappa shape index (κ3) is 0.878. The zero-order valence-electron chi connectivity index (χ0n) is 6.84. The van der Waals surface area contributed by atoms with Crippen LogP contribution in [-0.2, 0) is 0 Å². The van der Waals surface area contributed by atoms with Gasteiger partial charge in [0.1, 0.15) is 0 Å². The highest BCUT2D eigenvalue weighted by Crippen LogP contribution is 2.48. The molecule has 2 fully saturated rings. The zero-order valence-corrected chi connectivity index (χ0v) is 6.84. The van der Waals surface area contributed by atoms with Crippen LogP contribution in [0.2, 0.25) is 0 Å². The zero-order chi connectivity index (χ0) is 7.14. The Morgan fingerprint density at radius 1 is 1.30 bits per heavy atom. The Kier molecular flexibility index (Phi) is 1.48. The summed E-state index contributed by atoms with van der Waals surface area (Å²) in [5, 5.41) is 0. The van der Waals surface area contributed by atoms with E-state index in [-0.39, 0.29) is 0 Å². The van der Waals surface area contributed by atoms with Crippen molar-refractivity contribution in [2.24, 2.45) is 17.8 Å². The van der Waals surface area contributed by atoms with Crippen LogP contribution >= 0.6 is 0 Å². The predicted octanol–water partition coefficient (Wildman–Crippen LogP) is 1.05. The fraction of sp³-hybridized carbons (Fsp3) is 1.00. The lowest BCUT2D eigenvalue weighted by molar-refractivity contribution is -0.430. The van der Waals surface area contributed by atoms with Gasteiger partial charge in [-0.3, -0.25) is 0 Å². The molecule has 0 aromatic heterocycles. The molecule has 58 valence electrons. The molecule has 0 unspecified atom stereocenters. The van der Waals surface area contributed by atoms with Crippen LogP contribution in [0.15, 0.2) is 0 Å². The lowest BCUT2D eigenvalue weighted by atomic mass is 9.84. The Labute approximate surface area is 63.0 Å². The van der Waals surface area contributed by atoms with E-state index in [4.69, 9.17) is 0 Å². The molecule has 1 heteroatoms. The van der Waals surface area contributed by atoms with Crippen LogP contribution in [0.4, 0.5) is 0 Å². The molecule has 0 heterocycles. The average molecular weight is 140 g/mol. The van der Waals surface area contributed by atoms with Gasteiger partial charge < -0.3 is 5.73 Å². The number of hydrogen-bond acceptors (Lipinski definition) is 0. The lowest BCUT2D eigenvalue weighted by Gasteiger charge is -2.22. The molecule has 3 N–H and O–H groups in total. The maximum absolute atomic E-state index is 4.14. The van der Waals surface area contributed by atoms with Gasteiger partial charge >= 0.3 is 0 Å². The minimum atomic E-state index is 0.704. The van der Waals surface area contributed by atoms with Crippen molar-refractivity contribution >= 4 is 0 Å². The summed E-state index contributed by atoms with van der Waals surface area (Å²) in [7, 11) is 0. The van der Waals surface area contributed by atoms with Crippen molar-refractivity contribution in [1.29, 1.82) is 0 Å². The largest absolute Gasteiger partial charge is 0.355 e. The molecule has 2 aliphatic rings. The van der Waals surface area contributed by atoms with Crippen molar-refractivity contribution in [2.75, 3.05) is 0 Å². The summed E-state index contributed by atoms with van der Waals surface area (Å²) < 4.78 is 0. The molecule has 2 saturated carbocycles. The number of hydrogen-bond donors (Lipinski definition) is 1. The fourth-order valence-electron chi connectivity index (χ4n) is 2.99. The summed E-state index contributed by atoms with van der Waals surface area (Å²) >= 11 is 0. The summed E-state index contributed by atoms with van der Waals surface area (Å²) in [6.07, 6.45) is 6.06. The van der Waals surface area contributed by atoms with Crippen LogP contribution in [0.5, 0.6) is 0 Å².